The summed E-state index contributed by atoms with van der Waals surface area (Å²) in [6.45, 7) is 0. The number of carbonyl (C=O) groups excluding carboxylic acids is 1. The first-order valence-electron chi connectivity index (χ1n) is 4.29. The van der Waals surface area contributed by atoms with Crippen LogP contribution in [0, 0.1) is 0 Å². The molecule has 1 aromatic rings. The Morgan fingerprint density at radius 3 is 2.69 bits per heavy atom. The summed E-state index contributed by atoms with van der Waals surface area (Å²) in [6, 6.07) is 10.4. The van der Waals surface area contributed by atoms with E-state index in [0.29, 0.717) is 19.9 Å². The van der Waals surface area contributed by atoms with Gasteiger partial charge in [-0.1, -0.05) is 0 Å². The molecule has 1 aliphatic heterocycles. The van der Waals surface area contributed by atoms with Crippen LogP contribution in [0.3, 0.4) is 0 Å². The van der Waals surface area contributed by atoms with E-state index >= 15 is 0 Å². The van der Waals surface area contributed by atoms with Gasteiger partial charge in [-0.25, -0.2) is 0 Å². The summed E-state index contributed by atoms with van der Waals surface area (Å²) in [4.78, 5) is 11.1. The first-order valence-corrected chi connectivity index (χ1v) is 6.49. The number of nitrogens with one attached hydrogen (secondary N) is 1. The second-order valence-electron chi connectivity index (χ2n) is 3.06. The van der Waals surface area contributed by atoms with Crippen LogP contribution in [0.2, 0.25) is 0 Å². The monoisotopic (exact) mass is 241 g/mol. The van der Waals surface area contributed by atoms with Gasteiger partial charge >= 0.3 is 83.6 Å². The Hall–Kier alpha value is -0.791. The number of rotatable bonds is 3. The molecule has 0 aliphatic carbocycles. The molecule has 0 spiro atoms. The van der Waals surface area contributed by atoms with Crippen molar-refractivity contribution in [3.8, 4) is 0 Å². The Morgan fingerprint density at radius 2 is 2.08 bits per heavy atom. The molecule has 0 saturated carbocycles. The maximum absolute atomic E-state index is 10.6. The van der Waals surface area contributed by atoms with E-state index < -0.39 is 0 Å². The third-order valence-electron chi connectivity index (χ3n) is 1.99. The standard InChI is InChI=1S/C10H11NOSe/c12-9-6-10(11-9)13-7-8-4-2-1-3-5-8/h1-5,10H,6-7H2,(H,11,12). The molecule has 0 bridgehead atoms. The Balaban J connectivity index is 1.77. The summed E-state index contributed by atoms with van der Waals surface area (Å²) in [6.07, 6.45) is 0.743. The van der Waals surface area contributed by atoms with Crippen molar-refractivity contribution in [1.29, 1.82) is 0 Å². The van der Waals surface area contributed by atoms with Gasteiger partial charge in [-0.15, -0.1) is 0 Å². The van der Waals surface area contributed by atoms with E-state index in [9.17, 15) is 4.79 Å². The number of carbonyl (C=O) groups is 1. The molecule has 1 aromatic carbocycles. The maximum atomic E-state index is 10.6. The predicted octanol–water partition coefficient (Wildman–Crippen LogP) is 0.737. The van der Waals surface area contributed by atoms with Crippen LogP contribution in [0.15, 0.2) is 30.3 Å². The molecule has 1 unspecified atom stereocenters. The molecular weight excluding hydrogens is 229 g/mol. The molecule has 1 aliphatic rings. The van der Waals surface area contributed by atoms with Crippen molar-refractivity contribution in [2.24, 2.45) is 0 Å². The summed E-state index contributed by atoms with van der Waals surface area (Å²) in [7, 11) is 0. The fourth-order valence-corrected chi connectivity index (χ4v) is 3.44. The van der Waals surface area contributed by atoms with Crippen molar-refractivity contribution < 1.29 is 4.79 Å². The Bertz CT molecular complexity index is 291. The zero-order chi connectivity index (χ0) is 9.10. The topological polar surface area (TPSA) is 29.1 Å². The van der Waals surface area contributed by atoms with Crippen LogP contribution < -0.4 is 5.32 Å². The molecule has 1 saturated heterocycles. The van der Waals surface area contributed by atoms with Crippen molar-refractivity contribution in [2.75, 3.05) is 0 Å². The minimum absolute atomic E-state index is 0.208. The first kappa shape index (κ1) is 8.79. The molecular formula is C10H11NOSe. The molecule has 0 aromatic heterocycles. The van der Waals surface area contributed by atoms with Crippen LogP contribution in [0.4, 0.5) is 0 Å². The van der Waals surface area contributed by atoms with E-state index in [1.807, 2.05) is 6.07 Å². The predicted molar refractivity (Wildman–Crippen MR) is 52.4 cm³/mol. The van der Waals surface area contributed by atoms with Crippen molar-refractivity contribution in [2.45, 2.75) is 16.7 Å². The van der Waals surface area contributed by atoms with Crippen LogP contribution in [0.25, 0.3) is 0 Å². The van der Waals surface area contributed by atoms with Crippen molar-refractivity contribution in [3.05, 3.63) is 35.9 Å². The van der Waals surface area contributed by atoms with Crippen molar-refractivity contribution in [3.63, 3.8) is 0 Å². The van der Waals surface area contributed by atoms with Gasteiger partial charge in [-0.2, -0.15) is 0 Å². The number of β-lactam (4-membered cyclic amide) rings is 1. The summed E-state index contributed by atoms with van der Waals surface area (Å²) in [5.41, 5.74) is 1.38. The fraction of sp³-hybridized carbons (Fsp3) is 0.300. The van der Waals surface area contributed by atoms with Gasteiger partial charge in [0.15, 0.2) is 0 Å². The van der Waals surface area contributed by atoms with Crippen molar-refractivity contribution in [1.82, 2.24) is 5.32 Å². The molecule has 0 radical (unpaired) electrons. The van der Waals surface area contributed by atoms with Gasteiger partial charge in [0.2, 0.25) is 0 Å². The average Bonchev–Trinajstić information content (AvgIpc) is 2.12. The van der Waals surface area contributed by atoms with E-state index in [-0.39, 0.29) is 5.91 Å². The summed E-state index contributed by atoms with van der Waals surface area (Å²) >= 11 is 0.523. The van der Waals surface area contributed by atoms with Crippen LogP contribution in [0.5, 0.6) is 0 Å². The Kier molecular flexibility index (Phi) is 2.67. The van der Waals surface area contributed by atoms with E-state index in [2.05, 4.69) is 29.6 Å². The minimum atomic E-state index is 0.208. The van der Waals surface area contributed by atoms with E-state index in [4.69, 9.17) is 0 Å². The van der Waals surface area contributed by atoms with Gasteiger partial charge in [0.25, 0.3) is 0 Å². The molecule has 1 amide bonds. The molecule has 68 valence electrons. The Morgan fingerprint density at radius 1 is 1.38 bits per heavy atom. The van der Waals surface area contributed by atoms with E-state index in [1.54, 1.807) is 0 Å². The molecule has 1 heterocycles. The molecule has 1 fully saturated rings. The molecule has 1 atom stereocenters. The normalized spacial score (nSPS) is 20.6. The van der Waals surface area contributed by atoms with Crippen molar-refractivity contribution >= 4 is 20.9 Å². The molecule has 1 N–H and O–H groups in total. The van der Waals surface area contributed by atoms with Gasteiger partial charge < -0.3 is 0 Å². The van der Waals surface area contributed by atoms with Gasteiger partial charge in [0, 0.05) is 0 Å². The quantitative estimate of drug-likeness (QED) is 0.612. The zero-order valence-electron chi connectivity index (χ0n) is 7.19. The zero-order valence-corrected chi connectivity index (χ0v) is 8.91. The molecule has 3 heteroatoms. The molecule has 2 rings (SSSR count). The van der Waals surface area contributed by atoms with Gasteiger partial charge in [-0.3, -0.25) is 0 Å². The molecule has 13 heavy (non-hydrogen) atoms. The number of hydrogen-bond donors (Lipinski definition) is 1. The third kappa shape index (κ3) is 2.33. The molecule has 2 nitrogen and oxygen atoms in total. The van der Waals surface area contributed by atoms with Gasteiger partial charge in [0.1, 0.15) is 0 Å². The van der Waals surface area contributed by atoms with Gasteiger partial charge in [0.05, 0.1) is 0 Å². The van der Waals surface area contributed by atoms with Crippen LogP contribution in [0.1, 0.15) is 12.0 Å². The number of amides is 1. The Labute approximate surface area is 83.9 Å². The number of benzene rings is 1. The summed E-state index contributed by atoms with van der Waals surface area (Å²) < 4.78 is 0. The van der Waals surface area contributed by atoms with E-state index in [1.165, 1.54) is 5.56 Å². The van der Waals surface area contributed by atoms with Gasteiger partial charge in [-0.05, 0) is 0 Å². The third-order valence-corrected chi connectivity index (χ3v) is 4.48. The van der Waals surface area contributed by atoms with Crippen LogP contribution in [-0.4, -0.2) is 25.8 Å². The summed E-state index contributed by atoms with van der Waals surface area (Å²) in [5.74, 6) is 0.208. The van der Waals surface area contributed by atoms with E-state index in [0.717, 1.165) is 11.7 Å². The first-order chi connectivity index (χ1) is 6.34. The average molecular weight is 240 g/mol. The van der Waals surface area contributed by atoms with Crippen LogP contribution >= 0.6 is 0 Å². The SMILES string of the molecule is O=C1CC([Se]Cc2ccccc2)N1. The summed E-state index contributed by atoms with van der Waals surface area (Å²) in [5, 5.41) is 4.03. The number of hydrogen-bond acceptors (Lipinski definition) is 1. The second kappa shape index (κ2) is 3.95. The van der Waals surface area contributed by atoms with Crippen LogP contribution in [-0.2, 0) is 10.1 Å². The fourth-order valence-electron chi connectivity index (χ4n) is 1.20. The second-order valence-corrected chi connectivity index (χ2v) is 5.56.